The Morgan fingerprint density at radius 3 is 2.66 bits per heavy atom. The van der Waals surface area contributed by atoms with Crippen molar-refractivity contribution in [3.63, 3.8) is 0 Å². The molecule has 0 amide bonds. The van der Waals surface area contributed by atoms with Crippen LogP contribution in [0.2, 0.25) is 0 Å². The molecule has 4 rings (SSSR count). The summed E-state index contributed by atoms with van der Waals surface area (Å²) in [4.78, 5) is 5.08. The van der Waals surface area contributed by atoms with Gasteiger partial charge in [-0.3, -0.25) is 9.80 Å². The van der Waals surface area contributed by atoms with E-state index in [-0.39, 0.29) is 0 Å². The van der Waals surface area contributed by atoms with Crippen LogP contribution in [0.3, 0.4) is 0 Å². The van der Waals surface area contributed by atoms with Gasteiger partial charge in [0.25, 0.3) is 0 Å². The number of nitrogens with zero attached hydrogens (tertiary/aromatic N) is 2. The van der Waals surface area contributed by atoms with Crippen LogP contribution >= 0.6 is 0 Å². The molecule has 4 nitrogen and oxygen atoms in total. The van der Waals surface area contributed by atoms with E-state index in [0.29, 0.717) is 25.8 Å². The van der Waals surface area contributed by atoms with E-state index in [9.17, 15) is 5.11 Å². The van der Waals surface area contributed by atoms with Crippen LogP contribution in [0.5, 0.6) is 0 Å². The van der Waals surface area contributed by atoms with Crippen LogP contribution in [0, 0.1) is 0 Å². The molecule has 2 aromatic carbocycles. The van der Waals surface area contributed by atoms with Crippen molar-refractivity contribution in [2.24, 2.45) is 0 Å². The van der Waals surface area contributed by atoms with E-state index in [1.807, 2.05) is 18.2 Å². The van der Waals surface area contributed by atoms with Crippen molar-refractivity contribution in [1.82, 2.24) is 9.80 Å². The number of β-amino-alcohol motifs (C(OH)–C–C–N with tert-alkyl or cyclic N) is 1. The van der Waals surface area contributed by atoms with Crippen LogP contribution in [-0.4, -0.2) is 60.3 Å². The van der Waals surface area contributed by atoms with E-state index in [4.69, 9.17) is 4.74 Å². The zero-order chi connectivity index (χ0) is 19.9. The largest absolute Gasteiger partial charge is 0.389 e. The first kappa shape index (κ1) is 20.5. The number of ether oxygens (including phenoxy) is 1. The number of hydrogen-bond donors (Lipinski definition) is 1. The number of aliphatic hydroxyl groups excluding tert-OH is 1. The molecule has 0 radical (unpaired) electrons. The lowest BCUT2D eigenvalue weighted by Crippen LogP contribution is -2.38. The zero-order valence-electron chi connectivity index (χ0n) is 17.4. The van der Waals surface area contributed by atoms with E-state index in [2.05, 4.69) is 46.2 Å². The lowest BCUT2D eigenvalue weighted by Gasteiger charge is -2.35. The van der Waals surface area contributed by atoms with Gasteiger partial charge in [0.2, 0.25) is 0 Å². The Kier molecular flexibility index (Phi) is 7.33. The Labute approximate surface area is 175 Å². The summed E-state index contributed by atoms with van der Waals surface area (Å²) >= 11 is 0. The van der Waals surface area contributed by atoms with Crippen molar-refractivity contribution < 1.29 is 9.84 Å². The Balaban J connectivity index is 1.24. The highest BCUT2D eigenvalue weighted by Crippen LogP contribution is 2.34. The van der Waals surface area contributed by atoms with Gasteiger partial charge in [-0.15, -0.1) is 0 Å². The van der Waals surface area contributed by atoms with Gasteiger partial charge in [0.05, 0.1) is 19.3 Å². The van der Waals surface area contributed by atoms with Crippen LogP contribution < -0.4 is 0 Å². The summed E-state index contributed by atoms with van der Waals surface area (Å²) in [6, 6.07) is 19.7. The van der Waals surface area contributed by atoms with Crippen LogP contribution in [0.1, 0.15) is 42.0 Å². The molecule has 0 bridgehead atoms. The van der Waals surface area contributed by atoms with E-state index >= 15 is 0 Å². The monoisotopic (exact) mass is 394 g/mol. The molecular formula is C25H34N2O2. The maximum atomic E-state index is 10.4. The fraction of sp³-hybridized carbons (Fsp3) is 0.520. The number of hydrogen-bond acceptors (Lipinski definition) is 4. The molecule has 2 aromatic rings. The fourth-order valence-electron chi connectivity index (χ4n) is 4.83. The minimum absolute atomic E-state index is 0.394. The third-order valence-electron chi connectivity index (χ3n) is 6.29. The quantitative estimate of drug-likeness (QED) is 0.778. The Morgan fingerprint density at radius 2 is 1.76 bits per heavy atom. The standard InChI is InChI=1S/C25H34N2O2/c28-23(20-29-19-21-8-2-1-3-9-21)18-26-14-7-15-27(17-16-26)25-13-6-11-22-10-4-5-12-24(22)25/h1-5,8-10,12,23,25,28H,6-7,11,13-20H2. The Morgan fingerprint density at radius 1 is 0.931 bits per heavy atom. The van der Waals surface area contributed by atoms with Crippen LogP contribution in [0.15, 0.2) is 54.6 Å². The van der Waals surface area contributed by atoms with E-state index in [0.717, 1.165) is 38.2 Å². The smallest absolute Gasteiger partial charge is 0.0900 e. The topological polar surface area (TPSA) is 35.9 Å². The number of aryl methyl sites for hydroxylation is 1. The van der Waals surface area contributed by atoms with Gasteiger partial charge in [0.15, 0.2) is 0 Å². The molecule has 29 heavy (non-hydrogen) atoms. The second-order valence-corrected chi connectivity index (χ2v) is 8.45. The highest BCUT2D eigenvalue weighted by Gasteiger charge is 2.27. The summed E-state index contributed by atoms with van der Waals surface area (Å²) in [6.45, 7) is 5.96. The minimum atomic E-state index is -0.430. The third-order valence-corrected chi connectivity index (χ3v) is 6.29. The number of benzene rings is 2. The number of fused-ring (bicyclic) bond motifs is 1. The molecule has 0 aromatic heterocycles. The molecule has 1 saturated heterocycles. The zero-order valence-corrected chi connectivity index (χ0v) is 17.4. The molecule has 2 unspecified atom stereocenters. The van der Waals surface area contributed by atoms with Gasteiger partial charge in [0, 0.05) is 32.2 Å². The molecule has 2 atom stereocenters. The average molecular weight is 395 g/mol. The maximum absolute atomic E-state index is 10.4. The lowest BCUT2D eigenvalue weighted by molar-refractivity contribution is 0.0103. The normalized spacial score (nSPS) is 22.0. The predicted molar refractivity (Wildman–Crippen MR) is 117 cm³/mol. The Bertz CT molecular complexity index is 751. The molecule has 156 valence electrons. The average Bonchev–Trinajstić information content (AvgIpc) is 2.99. The van der Waals surface area contributed by atoms with E-state index in [1.54, 1.807) is 5.56 Å². The highest BCUT2D eigenvalue weighted by atomic mass is 16.5. The summed E-state index contributed by atoms with van der Waals surface area (Å²) < 4.78 is 5.72. The molecule has 4 heteroatoms. The summed E-state index contributed by atoms with van der Waals surface area (Å²) in [5, 5.41) is 10.4. The highest BCUT2D eigenvalue weighted by molar-refractivity contribution is 5.32. The minimum Gasteiger partial charge on any atom is -0.389 e. The van der Waals surface area contributed by atoms with Crippen molar-refractivity contribution in [1.29, 1.82) is 0 Å². The van der Waals surface area contributed by atoms with Gasteiger partial charge in [-0.25, -0.2) is 0 Å². The van der Waals surface area contributed by atoms with E-state index < -0.39 is 6.10 Å². The number of rotatable bonds is 7. The second-order valence-electron chi connectivity index (χ2n) is 8.45. The first-order valence-electron chi connectivity index (χ1n) is 11.1. The SMILES string of the molecule is OC(COCc1ccccc1)CN1CCCN(C2CCCc3ccccc32)CC1. The summed E-state index contributed by atoms with van der Waals surface area (Å²) in [6.07, 6.45) is 4.52. The van der Waals surface area contributed by atoms with Gasteiger partial charge in [-0.2, -0.15) is 0 Å². The fourth-order valence-corrected chi connectivity index (χ4v) is 4.83. The molecule has 1 aliphatic heterocycles. The van der Waals surface area contributed by atoms with Crippen molar-refractivity contribution in [3.8, 4) is 0 Å². The third kappa shape index (κ3) is 5.67. The summed E-state index contributed by atoms with van der Waals surface area (Å²) in [5.41, 5.74) is 4.23. The van der Waals surface area contributed by atoms with Crippen molar-refractivity contribution in [2.75, 3.05) is 39.3 Å². The lowest BCUT2D eigenvalue weighted by atomic mass is 9.87. The molecule has 1 heterocycles. The van der Waals surface area contributed by atoms with Crippen LogP contribution in [0.4, 0.5) is 0 Å². The first-order valence-corrected chi connectivity index (χ1v) is 11.1. The predicted octanol–water partition coefficient (Wildman–Crippen LogP) is 3.65. The van der Waals surface area contributed by atoms with Gasteiger partial charge in [0.1, 0.15) is 0 Å². The second kappa shape index (κ2) is 10.4. The molecule has 0 spiro atoms. The van der Waals surface area contributed by atoms with Crippen molar-refractivity contribution in [3.05, 3.63) is 71.3 Å². The van der Waals surface area contributed by atoms with Gasteiger partial charge < -0.3 is 9.84 Å². The molecule has 2 aliphatic rings. The summed E-state index contributed by atoms with van der Waals surface area (Å²) in [7, 11) is 0. The molecule has 1 fully saturated rings. The Hall–Kier alpha value is -1.72. The van der Waals surface area contributed by atoms with Crippen molar-refractivity contribution in [2.45, 2.75) is 44.4 Å². The van der Waals surface area contributed by atoms with Crippen LogP contribution in [-0.2, 0) is 17.8 Å². The summed E-state index contributed by atoms with van der Waals surface area (Å²) in [5.74, 6) is 0. The van der Waals surface area contributed by atoms with Crippen LogP contribution in [0.25, 0.3) is 0 Å². The molecule has 0 saturated carbocycles. The first-order chi connectivity index (χ1) is 14.3. The molecular weight excluding hydrogens is 360 g/mol. The number of aliphatic hydroxyl groups is 1. The van der Waals surface area contributed by atoms with Crippen molar-refractivity contribution >= 4 is 0 Å². The van der Waals surface area contributed by atoms with Gasteiger partial charge >= 0.3 is 0 Å². The van der Waals surface area contributed by atoms with Gasteiger partial charge in [-0.1, -0.05) is 54.6 Å². The molecule has 1 N–H and O–H groups in total. The maximum Gasteiger partial charge on any atom is 0.0900 e. The van der Waals surface area contributed by atoms with Gasteiger partial charge in [-0.05, 0) is 48.9 Å². The van der Waals surface area contributed by atoms with E-state index in [1.165, 1.54) is 24.8 Å². The molecule has 1 aliphatic carbocycles.